The molecule has 23 heavy (non-hydrogen) atoms. The molecule has 0 aromatic heterocycles. The summed E-state index contributed by atoms with van der Waals surface area (Å²) in [7, 11) is 1.57. The van der Waals surface area contributed by atoms with Crippen LogP contribution in [0.4, 0.5) is 4.39 Å². The van der Waals surface area contributed by atoms with E-state index in [1.54, 1.807) is 31.4 Å². The normalized spacial score (nSPS) is 10.4. The second-order valence-electron chi connectivity index (χ2n) is 4.86. The lowest BCUT2D eigenvalue weighted by Gasteiger charge is -2.16. The second kappa shape index (κ2) is 8.56. The molecule has 2 rings (SSSR count). The number of methoxy groups -OCH3 is 1. The van der Waals surface area contributed by atoms with Crippen LogP contribution in [0.15, 0.2) is 49.1 Å². The number of halogens is 2. The molecule has 0 aliphatic rings. The summed E-state index contributed by atoms with van der Waals surface area (Å²) in [6.07, 6.45) is 1.78. The van der Waals surface area contributed by atoms with Gasteiger partial charge in [-0.3, -0.25) is 0 Å². The van der Waals surface area contributed by atoms with Crippen LogP contribution in [0.5, 0.6) is 11.5 Å². The smallest absolute Gasteiger partial charge is 0.166 e. The third kappa shape index (κ3) is 4.47. The van der Waals surface area contributed by atoms with Gasteiger partial charge >= 0.3 is 0 Å². The van der Waals surface area contributed by atoms with Crippen LogP contribution >= 0.6 is 11.6 Å². The molecule has 0 aliphatic carbocycles. The Morgan fingerprint density at radius 1 is 1.26 bits per heavy atom. The van der Waals surface area contributed by atoms with E-state index in [1.807, 2.05) is 12.1 Å². The van der Waals surface area contributed by atoms with Crippen molar-refractivity contribution in [3.8, 4) is 11.5 Å². The van der Waals surface area contributed by atoms with Crippen LogP contribution in [-0.4, -0.2) is 13.7 Å². The topological polar surface area (TPSA) is 30.5 Å². The van der Waals surface area contributed by atoms with Crippen molar-refractivity contribution in [3.05, 3.63) is 71.0 Å². The highest BCUT2D eigenvalue weighted by atomic mass is 35.5. The Labute approximate surface area is 140 Å². The van der Waals surface area contributed by atoms with Gasteiger partial charge in [-0.2, -0.15) is 0 Å². The van der Waals surface area contributed by atoms with Crippen molar-refractivity contribution in [1.29, 1.82) is 0 Å². The van der Waals surface area contributed by atoms with E-state index in [0.29, 0.717) is 35.2 Å². The summed E-state index contributed by atoms with van der Waals surface area (Å²) in [5, 5.41) is 3.55. The van der Waals surface area contributed by atoms with E-state index >= 15 is 0 Å². The molecule has 3 nitrogen and oxygen atoms in total. The van der Waals surface area contributed by atoms with Crippen molar-refractivity contribution < 1.29 is 13.9 Å². The molecule has 2 aromatic carbocycles. The number of para-hydroxylation sites is 1. The predicted octanol–water partition coefficient (Wildman–Crippen LogP) is 4.34. The Morgan fingerprint density at radius 3 is 2.74 bits per heavy atom. The van der Waals surface area contributed by atoms with Crippen LogP contribution in [0.2, 0.25) is 5.02 Å². The van der Waals surface area contributed by atoms with Crippen LogP contribution in [0.1, 0.15) is 11.1 Å². The van der Waals surface area contributed by atoms with Gasteiger partial charge in [0.25, 0.3) is 0 Å². The third-order valence-corrected chi connectivity index (χ3v) is 3.66. The number of nitrogens with one attached hydrogen (secondary N) is 1. The molecule has 0 fully saturated rings. The van der Waals surface area contributed by atoms with Crippen molar-refractivity contribution in [2.24, 2.45) is 0 Å². The third-order valence-electron chi connectivity index (χ3n) is 3.31. The van der Waals surface area contributed by atoms with Gasteiger partial charge in [0.2, 0.25) is 0 Å². The van der Waals surface area contributed by atoms with Gasteiger partial charge < -0.3 is 14.8 Å². The summed E-state index contributed by atoms with van der Waals surface area (Å²) >= 11 is 6.04. The maximum absolute atomic E-state index is 13.9. The summed E-state index contributed by atoms with van der Waals surface area (Å²) in [5.41, 5.74) is 1.24. The van der Waals surface area contributed by atoms with Crippen LogP contribution < -0.4 is 14.8 Å². The lowest BCUT2D eigenvalue weighted by molar-refractivity contribution is 0.276. The zero-order chi connectivity index (χ0) is 16.7. The Bertz CT molecular complexity index is 656. The zero-order valence-corrected chi connectivity index (χ0v) is 13.7. The van der Waals surface area contributed by atoms with Crippen molar-refractivity contribution in [2.75, 3.05) is 13.7 Å². The van der Waals surface area contributed by atoms with E-state index in [-0.39, 0.29) is 6.61 Å². The molecular weight excluding hydrogens is 317 g/mol. The summed E-state index contributed by atoms with van der Waals surface area (Å²) in [6.45, 7) is 4.96. The minimum absolute atomic E-state index is 0.0281. The highest BCUT2D eigenvalue weighted by Crippen LogP contribution is 2.32. The first kappa shape index (κ1) is 17.3. The summed E-state index contributed by atoms with van der Waals surface area (Å²) in [4.78, 5) is 0. The summed E-state index contributed by atoms with van der Waals surface area (Å²) in [5.74, 6) is 0.778. The average Bonchev–Trinajstić information content (AvgIpc) is 2.55. The minimum Gasteiger partial charge on any atom is -0.493 e. The van der Waals surface area contributed by atoms with E-state index in [4.69, 9.17) is 21.1 Å². The fraction of sp³-hybridized carbons (Fsp3) is 0.222. The highest BCUT2D eigenvalue weighted by Gasteiger charge is 2.13. The molecule has 0 aliphatic heterocycles. The molecule has 1 N–H and O–H groups in total. The molecule has 0 spiro atoms. The van der Waals surface area contributed by atoms with Crippen LogP contribution in [0.3, 0.4) is 0 Å². The van der Waals surface area contributed by atoms with E-state index in [2.05, 4.69) is 11.9 Å². The van der Waals surface area contributed by atoms with Crippen molar-refractivity contribution >= 4 is 11.6 Å². The predicted molar refractivity (Wildman–Crippen MR) is 90.6 cm³/mol. The number of rotatable bonds is 8. The maximum Gasteiger partial charge on any atom is 0.166 e. The average molecular weight is 336 g/mol. The molecule has 0 atom stereocenters. The first-order valence-corrected chi connectivity index (χ1v) is 7.58. The maximum atomic E-state index is 13.9. The lowest BCUT2D eigenvalue weighted by atomic mass is 10.1. The Balaban J connectivity index is 2.21. The van der Waals surface area contributed by atoms with Gasteiger partial charge in [-0.1, -0.05) is 35.9 Å². The SMILES string of the molecule is C=CCNCc1cccc(OC)c1OCc1c(F)cccc1Cl. The van der Waals surface area contributed by atoms with Gasteiger partial charge in [0.1, 0.15) is 12.4 Å². The molecule has 2 aromatic rings. The first-order chi connectivity index (χ1) is 11.2. The minimum atomic E-state index is -0.390. The first-order valence-electron chi connectivity index (χ1n) is 7.20. The lowest BCUT2D eigenvalue weighted by Crippen LogP contribution is -2.14. The molecule has 122 valence electrons. The zero-order valence-electron chi connectivity index (χ0n) is 12.9. The molecule has 0 saturated heterocycles. The van der Waals surface area contributed by atoms with Crippen LogP contribution in [0, 0.1) is 5.82 Å². The fourth-order valence-corrected chi connectivity index (χ4v) is 2.37. The van der Waals surface area contributed by atoms with E-state index < -0.39 is 5.82 Å². The monoisotopic (exact) mass is 335 g/mol. The number of hydrogen-bond acceptors (Lipinski definition) is 3. The van der Waals surface area contributed by atoms with Crippen LogP contribution in [0.25, 0.3) is 0 Å². The molecule has 0 unspecified atom stereocenters. The molecule has 5 heteroatoms. The van der Waals surface area contributed by atoms with Gasteiger partial charge in [-0.25, -0.2) is 4.39 Å². The van der Waals surface area contributed by atoms with Gasteiger partial charge in [0.05, 0.1) is 12.1 Å². The second-order valence-corrected chi connectivity index (χ2v) is 5.26. The van der Waals surface area contributed by atoms with Crippen molar-refractivity contribution in [2.45, 2.75) is 13.2 Å². The van der Waals surface area contributed by atoms with Gasteiger partial charge in [-0.15, -0.1) is 6.58 Å². The molecule has 0 heterocycles. The molecule has 0 radical (unpaired) electrons. The van der Waals surface area contributed by atoms with Gasteiger partial charge in [0.15, 0.2) is 11.5 Å². The van der Waals surface area contributed by atoms with Crippen molar-refractivity contribution in [1.82, 2.24) is 5.32 Å². The standard InChI is InChI=1S/C18H19ClFNO2/c1-3-10-21-11-13-6-4-9-17(22-2)18(13)23-12-14-15(19)7-5-8-16(14)20/h3-9,21H,1,10-12H2,2H3. The molecule has 0 bridgehead atoms. The van der Waals surface area contributed by atoms with Crippen LogP contribution in [-0.2, 0) is 13.2 Å². The van der Waals surface area contributed by atoms with E-state index in [0.717, 1.165) is 5.56 Å². The fourth-order valence-electron chi connectivity index (χ4n) is 2.15. The highest BCUT2D eigenvalue weighted by molar-refractivity contribution is 6.31. The Hall–Kier alpha value is -2.04. The van der Waals surface area contributed by atoms with Gasteiger partial charge in [-0.05, 0) is 18.2 Å². The summed E-state index contributed by atoms with van der Waals surface area (Å²) in [6, 6.07) is 10.2. The number of ether oxygens (including phenoxy) is 2. The molecule has 0 amide bonds. The summed E-state index contributed by atoms with van der Waals surface area (Å²) < 4.78 is 25.0. The quantitative estimate of drug-likeness (QED) is 0.575. The van der Waals surface area contributed by atoms with E-state index in [9.17, 15) is 4.39 Å². The number of hydrogen-bond donors (Lipinski definition) is 1. The molecule has 0 saturated carbocycles. The largest absolute Gasteiger partial charge is 0.493 e. The number of benzene rings is 2. The Kier molecular flexibility index (Phi) is 6.44. The van der Waals surface area contributed by atoms with E-state index in [1.165, 1.54) is 6.07 Å². The molecular formula is C18H19ClFNO2. The van der Waals surface area contributed by atoms with Crippen molar-refractivity contribution in [3.63, 3.8) is 0 Å². The Morgan fingerprint density at radius 2 is 2.04 bits per heavy atom. The van der Waals surface area contributed by atoms with Gasteiger partial charge in [0, 0.05) is 24.2 Å².